The zero-order chi connectivity index (χ0) is 15.5. The topological polar surface area (TPSA) is 58.6 Å². The van der Waals surface area contributed by atoms with Crippen molar-refractivity contribution in [3.8, 4) is 11.8 Å². The Hall–Kier alpha value is -1.90. The summed E-state index contributed by atoms with van der Waals surface area (Å²) in [6, 6.07) is 4.04. The average Bonchev–Trinajstić information content (AvgIpc) is 2.49. The van der Waals surface area contributed by atoms with Crippen LogP contribution in [0.25, 0.3) is 0 Å². The first-order valence-electron chi connectivity index (χ1n) is 6.94. The van der Waals surface area contributed by atoms with Gasteiger partial charge in [0.1, 0.15) is 12.4 Å². The number of carbonyl (C=O) groups is 1. The molecule has 0 saturated heterocycles. The Morgan fingerprint density at radius 1 is 1.43 bits per heavy atom. The van der Waals surface area contributed by atoms with E-state index in [1.807, 2.05) is 6.92 Å². The SMILES string of the molecule is CCCOCCCNC(=O)c1cc(C#CCO)ccc1F. The third kappa shape index (κ3) is 6.39. The molecule has 114 valence electrons. The molecule has 1 aromatic carbocycles. The summed E-state index contributed by atoms with van der Waals surface area (Å²) in [6.45, 7) is 3.44. The van der Waals surface area contributed by atoms with Crippen LogP contribution in [0.3, 0.4) is 0 Å². The summed E-state index contributed by atoms with van der Waals surface area (Å²) in [5.41, 5.74) is 0.441. The summed E-state index contributed by atoms with van der Waals surface area (Å²) in [7, 11) is 0. The fourth-order valence-electron chi connectivity index (χ4n) is 1.64. The quantitative estimate of drug-likeness (QED) is 0.594. The maximum absolute atomic E-state index is 13.6. The van der Waals surface area contributed by atoms with Gasteiger partial charge in [-0.3, -0.25) is 4.79 Å². The minimum Gasteiger partial charge on any atom is -0.384 e. The number of hydrogen-bond acceptors (Lipinski definition) is 3. The van der Waals surface area contributed by atoms with Crippen LogP contribution in [0.5, 0.6) is 0 Å². The fourth-order valence-corrected chi connectivity index (χ4v) is 1.64. The second kappa shape index (κ2) is 9.92. The van der Waals surface area contributed by atoms with Gasteiger partial charge in [0.2, 0.25) is 0 Å². The van der Waals surface area contributed by atoms with Gasteiger partial charge in [0.05, 0.1) is 5.56 Å². The molecule has 2 N–H and O–H groups in total. The van der Waals surface area contributed by atoms with Crippen LogP contribution < -0.4 is 5.32 Å². The van der Waals surface area contributed by atoms with Gasteiger partial charge in [0.15, 0.2) is 0 Å². The number of halogens is 1. The first-order valence-corrected chi connectivity index (χ1v) is 6.94. The number of nitrogens with one attached hydrogen (secondary N) is 1. The summed E-state index contributed by atoms with van der Waals surface area (Å²) in [5.74, 6) is 4.03. The summed E-state index contributed by atoms with van der Waals surface area (Å²) in [6.07, 6.45) is 1.64. The number of ether oxygens (including phenoxy) is 1. The molecule has 1 amide bonds. The number of hydrogen-bond donors (Lipinski definition) is 2. The number of rotatable bonds is 7. The first-order chi connectivity index (χ1) is 10.2. The van der Waals surface area contributed by atoms with Gasteiger partial charge < -0.3 is 15.2 Å². The molecule has 0 fully saturated rings. The van der Waals surface area contributed by atoms with Crippen molar-refractivity contribution in [3.63, 3.8) is 0 Å². The molecular weight excluding hydrogens is 273 g/mol. The highest BCUT2D eigenvalue weighted by atomic mass is 19.1. The van der Waals surface area contributed by atoms with Crippen molar-refractivity contribution in [2.45, 2.75) is 19.8 Å². The van der Waals surface area contributed by atoms with Gasteiger partial charge >= 0.3 is 0 Å². The monoisotopic (exact) mass is 293 g/mol. The molecule has 21 heavy (non-hydrogen) atoms. The fraction of sp³-hybridized carbons (Fsp3) is 0.438. The number of amides is 1. The highest BCUT2D eigenvalue weighted by molar-refractivity contribution is 5.94. The highest BCUT2D eigenvalue weighted by Gasteiger charge is 2.11. The van der Waals surface area contributed by atoms with Crippen LogP contribution in [0, 0.1) is 17.7 Å². The second-order valence-electron chi connectivity index (χ2n) is 4.38. The van der Waals surface area contributed by atoms with Crippen LogP contribution in [0.1, 0.15) is 35.7 Å². The third-order valence-corrected chi connectivity index (χ3v) is 2.62. The van der Waals surface area contributed by atoms with Gasteiger partial charge in [0, 0.05) is 25.3 Å². The van der Waals surface area contributed by atoms with Crippen LogP contribution in [0.2, 0.25) is 0 Å². The van der Waals surface area contributed by atoms with E-state index in [1.54, 1.807) is 0 Å². The van der Waals surface area contributed by atoms with E-state index < -0.39 is 11.7 Å². The standard InChI is InChI=1S/C16H20FNO3/c1-2-10-21-11-4-8-18-16(20)14-12-13(5-3-9-19)6-7-15(14)17/h6-7,12,19H,2,4,8-11H2,1H3,(H,18,20). The average molecular weight is 293 g/mol. The molecule has 0 aliphatic carbocycles. The number of carbonyl (C=O) groups excluding carboxylic acids is 1. The zero-order valence-corrected chi connectivity index (χ0v) is 12.1. The minimum absolute atomic E-state index is 0.0470. The molecule has 0 aliphatic heterocycles. The van der Waals surface area contributed by atoms with Gasteiger partial charge in [-0.2, -0.15) is 0 Å². The third-order valence-electron chi connectivity index (χ3n) is 2.62. The van der Waals surface area contributed by atoms with Crippen LogP contribution >= 0.6 is 0 Å². The van der Waals surface area contributed by atoms with E-state index in [9.17, 15) is 9.18 Å². The van der Waals surface area contributed by atoms with E-state index in [1.165, 1.54) is 18.2 Å². The molecule has 1 aromatic rings. The van der Waals surface area contributed by atoms with Crippen molar-refractivity contribution in [1.29, 1.82) is 0 Å². The summed E-state index contributed by atoms with van der Waals surface area (Å²) in [5, 5.41) is 11.3. The molecule has 0 heterocycles. The lowest BCUT2D eigenvalue weighted by atomic mass is 10.1. The number of aliphatic hydroxyl groups excluding tert-OH is 1. The molecule has 4 nitrogen and oxygen atoms in total. The Kier molecular flexibility index (Phi) is 8.10. The van der Waals surface area contributed by atoms with E-state index in [2.05, 4.69) is 17.2 Å². The lowest BCUT2D eigenvalue weighted by molar-refractivity contribution is 0.0937. The largest absolute Gasteiger partial charge is 0.384 e. The lowest BCUT2D eigenvalue weighted by Gasteiger charge is -2.07. The molecule has 0 saturated carbocycles. The van der Waals surface area contributed by atoms with Crippen LogP contribution in [-0.4, -0.2) is 37.4 Å². The van der Waals surface area contributed by atoms with E-state index in [0.29, 0.717) is 31.7 Å². The Morgan fingerprint density at radius 2 is 2.24 bits per heavy atom. The second-order valence-corrected chi connectivity index (χ2v) is 4.38. The maximum atomic E-state index is 13.6. The Balaban J connectivity index is 2.53. The summed E-state index contributed by atoms with van der Waals surface area (Å²) >= 11 is 0. The molecule has 0 unspecified atom stereocenters. The maximum Gasteiger partial charge on any atom is 0.254 e. The Morgan fingerprint density at radius 3 is 2.95 bits per heavy atom. The molecule has 0 spiro atoms. The number of benzene rings is 1. The van der Waals surface area contributed by atoms with Crippen molar-refractivity contribution in [2.75, 3.05) is 26.4 Å². The van der Waals surface area contributed by atoms with Crippen molar-refractivity contribution in [3.05, 3.63) is 35.1 Å². The van der Waals surface area contributed by atoms with Crippen LogP contribution in [0.15, 0.2) is 18.2 Å². The van der Waals surface area contributed by atoms with E-state index >= 15 is 0 Å². The highest BCUT2D eigenvalue weighted by Crippen LogP contribution is 2.10. The molecule has 0 radical (unpaired) electrons. The number of aliphatic hydroxyl groups is 1. The van der Waals surface area contributed by atoms with Crippen LogP contribution in [-0.2, 0) is 4.74 Å². The molecule has 0 atom stereocenters. The molecule has 1 rings (SSSR count). The van der Waals surface area contributed by atoms with Crippen molar-refractivity contribution >= 4 is 5.91 Å². The summed E-state index contributed by atoms with van der Waals surface area (Å²) < 4.78 is 18.9. The van der Waals surface area contributed by atoms with E-state index in [0.717, 1.165) is 6.42 Å². The molecule has 0 bridgehead atoms. The van der Waals surface area contributed by atoms with Crippen molar-refractivity contribution in [2.24, 2.45) is 0 Å². The van der Waals surface area contributed by atoms with Gasteiger partial charge in [-0.15, -0.1) is 0 Å². The predicted octanol–water partition coefficient (Wildman–Crippen LogP) is 1.72. The van der Waals surface area contributed by atoms with Gasteiger partial charge in [-0.05, 0) is 31.0 Å². The van der Waals surface area contributed by atoms with Crippen LogP contribution in [0.4, 0.5) is 4.39 Å². The zero-order valence-electron chi connectivity index (χ0n) is 12.1. The van der Waals surface area contributed by atoms with Crippen molar-refractivity contribution in [1.82, 2.24) is 5.32 Å². The van der Waals surface area contributed by atoms with Gasteiger partial charge in [-0.25, -0.2) is 4.39 Å². The minimum atomic E-state index is -0.593. The van der Waals surface area contributed by atoms with Crippen molar-refractivity contribution < 1.29 is 19.0 Å². The van der Waals surface area contributed by atoms with Gasteiger partial charge in [0.25, 0.3) is 5.91 Å². The normalized spacial score (nSPS) is 9.86. The van der Waals surface area contributed by atoms with E-state index in [4.69, 9.17) is 9.84 Å². The molecular formula is C16H20FNO3. The predicted molar refractivity (Wildman–Crippen MR) is 78.4 cm³/mol. The first kappa shape index (κ1) is 17.2. The Bertz CT molecular complexity index is 520. The summed E-state index contributed by atoms with van der Waals surface area (Å²) in [4.78, 5) is 11.9. The van der Waals surface area contributed by atoms with E-state index in [-0.39, 0.29) is 12.2 Å². The molecule has 0 aliphatic rings. The molecule has 5 heteroatoms. The smallest absolute Gasteiger partial charge is 0.254 e. The molecule has 0 aromatic heterocycles. The lowest BCUT2D eigenvalue weighted by Crippen LogP contribution is -2.26. The van der Waals surface area contributed by atoms with Gasteiger partial charge in [-0.1, -0.05) is 18.8 Å². The Labute approximate surface area is 124 Å².